The SMILES string of the molecule is COc1cc(NC(=O)[C@@H]2c3ccccc3C(=O)N3CCc4ccccc4[C@H]23)cc(OC)c1OC. The lowest BCUT2D eigenvalue weighted by atomic mass is 9.76. The van der Waals surface area contributed by atoms with Gasteiger partial charge in [-0.05, 0) is 29.2 Å². The average molecular weight is 459 g/mol. The largest absolute Gasteiger partial charge is 0.493 e. The van der Waals surface area contributed by atoms with Crippen LogP contribution in [-0.4, -0.2) is 44.6 Å². The van der Waals surface area contributed by atoms with E-state index in [0.29, 0.717) is 35.0 Å². The summed E-state index contributed by atoms with van der Waals surface area (Å²) in [5.41, 5.74) is 4.01. The minimum absolute atomic E-state index is 0.0352. The molecule has 0 bridgehead atoms. The number of carbonyl (C=O) groups is 2. The number of nitrogens with one attached hydrogen (secondary N) is 1. The van der Waals surface area contributed by atoms with E-state index in [0.717, 1.165) is 17.5 Å². The second kappa shape index (κ2) is 8.74. The van der Waals surface area contributed by atoms with Crippen LogP contribution in [0, 0.1) is 0 Å². The summed E-state index contributed by atoms with van der Waals surface area (Å²) >= 11 is 0. The van der Waals surface area contributed by atoms with Crippen molar-refractivity contribution < 1.29 is 23.8 Å². The van der Waals surface area contributed by atoms with Gasteiger partial charge in [-0.25, -0.2) is 0 Å². The van der Waals surface area contributed by atoms with E-state index in [4.69, 9.17) is 14.2 Å². The van der Waals surface area contributed by atoms with E-state index in [1.807, 2.05) is 41.3 Å². The van der Waals surface area contributed by atoms with Gasteiger partial charge in [0.25, 0.3) is 5.91 Å². The second-order valence-corrected chi connectivity index (χ2v) is 8.36. The normalized spacial score (nSPS) is 18.3. The Kier molecular flexibility index (Phi) is 5.61. The summed E-state index contributed by atoms with van der Waals surface area (Å²) in [4.78, 5) is 29.1. The Morgan fingerprint density at radius 3 is 2.24 bits per heavy atom. The molecule has 2 atom stereocenters. The summed E-state index contributed by atoms with van der Waals surface area (Å²) < 4.78 is 16.3. The summed E-state index contributed by atoms with van der Waals surface area (Å²) in [5, 5.41) is 3.04. The molecule has 2 amide bonds. The zero-order chi connectivity index (χ0) is 23.8. The van der Waals surface area contributed by atoms with E-state index >= 15 is 0 Å². The van der Waals surface area contributed by atoms with Crippen molar-refractivity contribution >= 4 is 17.5 Å². The van der Waals surface area contributed by atoms with Crippen molar-refractivity contribution in [3.8, 4) is 17.2 Å². The highest BCUT2D eigenvalue weighted by Crippen LogP contribution is 2.47. The first-order chi connectivity index (χ1) is 16.6. The van der Waals surface area contributed by atoms with Gasteiger partial charge in [0.1, 0.15) is 0 Å². The lowest BCUT2D eigenvalue weighted by molar-refractivity contribution is -0.119. The Labute approximate surface area is 198 Å². The van der Waals surface area contributed by atoms with Gasteiger partial charge in [0.2, 0.25) is 11.7 Å². The lowest BCUT2D eigenvalue weighted by Gasteiger charge is -2.45. The van der Waals surface area contributed by atoms with Crippen LogP contribution in [-0.2, 0) is 11.2 Å². The molecule has 3 aromatic carbocycles. The van der Waals surface area contributed by atoms with E-state index in [-0.39, 0.29) is 17.9 Å². The van der Waals surface area contributed by atoms with Crippen LogP contribution in [0.4, 0.5) is 5.69 Å². The first-order valence-electron chi connectivity index (χ1n) is 11.2. The summed E-state index contributed by atoms with van der Waals surface area (Å²) in [7, 11) is 4.59. The quantitative estimate of drug-likeness (QED) is 0.621. The minimum atomic E-state index is -0.575. The fourth-order valence-corrected chi connectivity index (χ4v) is 5.13. The molecule has 0 unspecified atom stereocenters. The van der Waals surface area contributed by atoms with E-state index in [1.165, 1.54) is 26.9 Å². The number of methoxy groups -OCH3 is 3. The van der Waals surface area contributed by atoms with Gasteiger partial charge in [-0.15, -0.1) is 0 Å². The molecule has 2 aliphatic rings. The molecule has 0 aliphatic carbocycles. The zero-order valence-electron chi connectivity index (χ0n) is 19.3. The van der Waals surface area contributed by atoms with Crippen molar-refractivity contribution in [1.82, 2.24) is 4.90 Å². The Morgan fingerprint density at radius 1 is 0.912 bits per heavy atom. The van der Waals surface area contributed by atoms with Crippen LogP contribution in [0.2, 0.25) is 0 Å². The molecule has 3 aromatic rings. The smallest absolute Gasteiger partial charge is 0.254 e. The fourth-order valence-electron chi connectivity index (χ4n) is 5.13. The van der Waals surface area contributed by atoms with Gasteiger partial charge in [0.05, 0.1) is 33.3 Å². The van der Waals surface area contributed by atoms with Crippen LogP contribution in [0.25, 0.3) is 0 Å². The van der Waals surface area contributed by atoms with Crippen molar-refractivity contribution in [2.75, 3.05) is 33.2 Å². The summed E-state index contributed by atoms with van der Waals surface area (Å²) in [6.07, 6.45) is 0.766. The molecular formula is C27H26N2O5. The fraction of sp³-hybridized carbons (Fsp3) is 0.259. The predicted octanol–water partition coefficient (Wildman–Crippen LogP) is 4.19. The van der Waals surface area contributed by atoms with Crippen molar-refractivity contribution in [2.45, 2.75) is 18.4 Å². The molecule has 174 valence electrons. The molecule has 5 rings (SSSR count). The predicted molar refractivity (Wildman–Crippen MR) is 128 cm³/mol. The number of carbonyl (C=O) groups excluding carboxylic acids is 2. The molecule has 0 spiro atoms. The first kappa shape index (κ1) is 21.8. The number of amides is 2. The Hall–Kier alpha value is -4.00. The summed E-state index contributed by atoms with van der Waals surface area (Å²) in [5.74, 6) is 0.522. The van der Waals surface area contributed by atoms with E-state index < -0.39 is 5.92 Å². The summed E-state index contributed by atoms with van der Waals surface area (Å²) in [6, 6.07) is 18.5. The molecule has 2 aliphatic heterocycles. The molecule has 0 saturated carbocycles. The van der Waals surface area contributed by atoms with Gasteiger partial charge < -0.3 is 24.4 Å². The van der Waals surface area contributed by atoms with Gasteiger partial charge in [-0.3, -0.25) is 9.59 Å². The van der Waals surface area contributed by atoms with Crippen molar-refractivity contribution in [2.24, 2.45) is 0 Å². The maximum atomic E-state index is 13.9. The third-order valence-corrected chi connectivity index (χ3v) is 6.65. The highest BCUT2D eigenvalue weighted by Gasteiger charge is 2.46. The van der Waals surface area contributed by atoms with E-state index in [2.05, 4.69) is 11.4 Å². The molecule has 0 fully saturated rings. The van der Waals surface area contributed by atoms with Gasteiger partial charge in [-0.1, -0.05) is 42.5 Å². The Balaban J connectivity index is 1.60. The molecular weight excluding hydrogens is 432 g/mol. The highest BCUT2D eigenvalue weighted by atomic mass is 16.5. The van der Waals surface area contributed by atoms with Gasteiger partial charge in [-0.2, -0.15) is 0 Å². The molecule has 2 heterocycles. The maximum Gasteiger partial charge on any atom is 0.254 e. The van der Waals surface area contributed by atoms with Crippen LogP contribution in [0.1, 0.15) is 39.0 Å². The van der Waals surface area contributed by atoms with E-state index in [9.17, 15) is 9.59 Å². The standard InChI is InChI=1S/C27H26N2O5/c1-32-21-14-17(15-22(33-2)25(21)34-3)28-26(30)23-19-10-6-7-11-20(19)27(31)29-13-12-16-8-4-5-9-18(16)24(23)29/h4-11,14-15,23-24H,12-13H2,1-3H3,(H,28,30)/t23-,24-/m1/s1. The number of fused-ring (bicyclic) bond motifs is 4. The van der Waals surface area contributed by atoms with Crippen LogP contribution >= 0.6 is 0 Å². The molecule has 34 heavy (non-hydrogen) atoms. The minimum Gasteiger partial charge on any atom is -0.493 e. The Bertz CT molecular complexity index is 1250. The van der Waals surface area contributed by atoms with Crippen LogP contribution in [0.15, 0.2) is 60.7 Å². The molecule has 0 saturated heterocycles. The first-order valence-corrected chi connectivity index (χ1v) is 11.2. The molecule has 7 nitrogen and oxygen atoms in total. The number of rotatable bonds is 5. The topological polar surface area (TPSA) is 77.1 Å². The number of benzene rings is 3. The zero-order valence-corrected chi connectivity index (χ0v) is 19.3. The molecule has 7 heteroatoms. The lowest BCUT2D eigenvalue weighted by Crippen LogP contribution is -2.49. The molecule has 1 N–H and O–H groups in total. The highest BCUT2D eigenvalue weighted by molar-refractivity contribution is 6.04. The summed E-state index contributed by atoms with van der Waals surface area (Å²) in [6.45, 7) is 0.572. The second-order valence-electron chi connectivity index (χ2n) is 8.36. The number of hydrogen-bond donors (Lipinski definition) is 1. The van der Waals surface area contributed by atoms with Crippen LogP contribution in [0.3, 0.4) is 0 Å². The number of anilines is 1. The number of ether oxygens (including phenoxy) is 3. The van der Waals surface area contributed by atoms with Gasteiger partial charge in [0, 0.05) is 29.9 Å². The maximum absolute atomic E-state index is 13.9. The van der Waals surface area contributed by atoms with E-state index in [1.54, 1.807) is 18.2 Å². The molecule has 0 aromatic heterocycles. The van der Waals surface area contributed by atoms with Crippen molar-refractivity contribution in [3.63, 3.8) is 0 Å². The van der Waals surface area contributed by atoms with Crippen molar-refractivity contribution in [1.29, 1.82) is 0 Å². The van der Waals surface area contributed by atoms with Crippen LogP contribution in [0.5, 0.6) is 17.2 Å². The van der Waals surface area contributed by atoms with Gasteiger partial charge >= 0.3 is 0 Å². The average Bonchev–Trinajstić information content (AvgIpc) is 2.88. The third kappa shape index (κ3) is 3.44. The number of hydrogen-bond acceptors (Lipinski definition) is 5. The third-order valence-electron chi connectivity index (χ3n) is 6.65. The van der Waals surface area contributed by atoms with Crippen LogP contribution < -0.4 is 19.5 Å². The van der Waals surface area contributed by atoms with Crippen molar-refractivity contribution in [3.05, 3.63) is 82.9 Å². The monoisotopic (exact) mass is 458 g/mol. The van der Waals surface area contributed by atoms with Gasteiger partial charge in [0.15, 0.2) is 11.5 Å². The molecule has 0 radical (unpaired) electrons. The number of nitrogens with zero attached hydrogens (tertiary/aromatic N) is 1. The Morgan fingerprint density at radius 2 is 1.56 bits per heavy atom.